The Morgan fingerprint density at radius 1 is 0.170 bits per heavy atom. The summed E-state index contributed by atoms with van der Waals surface area (Å²) in [4.78, 5) is 21.7. The Bertz CT molecular complexity index is 10300. The van der Waals surface area contributed by atoms with Crippen molar-refractivity contribution in [3.05, 3.63) is 510 Å². The normalized spacial score (nSPS) is 11.7. The maximum Gasteiger partial charge on any atom is 0.227 e. The molecule has 0 aliphatic carbocycles. The quantitative estimate of drug-likeness (QED) is 0.0914. The molecule has 0 atom stereocenters. The highest BCUT2D eigenvalue weighted by Gasteiger charge is 2.27. The van der Waals surface area contributed by atoms with E-state index in [0.717, 1.165) is 221 Å². The molecule has 147 heavy (non-hydrogen) atoms. The summed E-state index contributed by atoms with van der Waals surface area (Å²) >= 11 is 1.84. The first kappa shape index (κ1) is 85.4. The van der Waals surface area contributed by atoms with Crippen molar-refractivity contribution in [2.45, 2.75) is 0 Å². The monoisotopic (exact) mass is 1900 g/mol. The average Bonchev–Trinajstić information content (AvgIpc) is 1.66. The summed E-state index contributed by atoms with van der Waals surface area (Å²) in [5, 5.41) is 20.3. The van der Waals surface area contributed by atoms with E-state index in [1.54, 1.807) is 0 Å². The fourth-order valence-corrected chi connectivity index (χ4v) is 22.5. The highest BCUT2D eigenvalue weighted by molar-refractivity contribution is 7.25. The number of furan rings is 2. The molecule has 690 valence electrons. The van der Waals surface area contributed by atoms with Gasteiger partial charge in [-0.25, -0.2) is 15.0 Å². The minimum Gasteiger partial charge on any atom is -0.456 e. The highest BCUT2D eigenvalue weighted by atomic mass is 32.1. The van der Waals surface area contributed by atoms with Crippen molar-refractivity contribution in [2.75, 3.05) is 14.7 Å². The second-order valence-corrected chi connectivity index (χ2v) is 38.2. The van der Waals surface area contributed by atoms with Crippen molar-refractivity contribution in [2.24, 2.45) is 0 Å². The summed E-state index contributed by atoms with van der Waals surface area (Å²) in [5.41, 5.74) is 27.9. The number of fused-ring (bicyclic) bond motifs is 24. The van der Waals surface area contributed by atoms with Crippen LogP contribution >= 0.6 is 11.3 Å². The van der Waals surface area contributed by atoms with Gasteiger partial charge < -0.3 is 36.8 Å². The van der Waals surface area contributed by atoms with Crippen LogP contribution in [0.1, 0.15) is 0 Å². The number of anilines is 9. The molecular weight excluding hydrogens is 1820 g/mol. The average molecular weight is 1900 g/mol. The van der Waals surface area contributed by atoms with Crippen molar-refractivity contribution in [1.82, 2.24) is 15.0 Å². The van der Waals surface area contributed by atoms with Gasteiger partial charge in [-0.05, 0) is 258 Å². The summed E-state index contributed by atoms with van der Waals surface area (Å²) in [6.07, 6.45) is 0. The van der Waals surface area contributed by atoms with E-state index < -0.39 is 0 Å². The lowest BCUT2D eigenvalue weighted by Crippen LogP contribution is -2.11. The van der Waals surface area contributed by atoms with Gasteiger partial charge in [0.25, 0.3) is 0 Å². The molecule has 6 heterocycles. The van der Waals surface area contributed by atoms with Crippen molar-refractivity contribution in [3.8, 4) is 67.7 Å². The van der Waals surface area contributed by atoms with Crippen molar-refractivity contribution < 1.29 is 22.1 Å². The molecule has 0 aliphatic rings. The predicted molar refractivity (Wildman–Crippen MR) is 611 cm³/mol. The van der Waals surface area contributed by atoms with Crippen LogP contribution in [0.5, 0.6) is 0 Å². The topological polar surface area (TPSA) is 114 Å². The third-order valence-electron chi connectivity index (χ3n) is 28.4. The number of aromatic nitrogens is 3. The molecule has 24 aromatic carbocycles. The number of benzene rings is 24. The lowest BCUT2D eigenvalue weighted by atomic mass is 9.99. The number of hydrogen-bond acceptors (Lipinski definition) is 12. The number of para-hydroxylation sites is 3. The van der Waals surface area contributed by atoms with Crippen molar-refractivity contribution >= 4 is 225 Å². The van der Waals surface area contributed by atoms with Crippen LogP contribution < -0.4 is 14.7 Å². The summed E-state index contributed by atoms with van der Waals surface area (Å²) in [5.74, 6) is 1.87. The molecular formula is C135H84N6O5S. The minimum atomic E-state index is 0.619. The first-order valence-electron chi connectivity index (χ1n) is 49.4. The van der Waals surface area contributed by atoms with Gasteiger partial charge in [0.2, 0.25) is 17.7 Å². The molecule has 0 bridgehead atoms. The molecule has 12 heteroatoms. The van der Waals surface area contributed by atoms with Gasteiger partial charge in [-0.15, -0.1) is 11.3 Å². The molecule has 0 saturated heterocycles. The van der Waals surface area contributed by atoms with Gasteiger partial charge in [0, 0.05) is 132 Å². The Balaban J connectivity index is 0.000000107. The van der Waals surface area contributed by atoms with Crippen LogP contribution in [0.3, 0.4) is 0 Å². The predicted octanol–water partition coefficient (Wildman–Crippen LogP) is 39.0. The van der Waals surface area contributed by atoms with Crippen LogP contribution in [-0.2, 0) is 0 Å². The van der Waals surface area contributed by atoms with Crippen LogP contribution in [0, 0.1) is 0 Å². The van der Waals surface area contributed by atoms with E-state index in [1.807, 2.05) is 145 Å². The van der Waals surface area contributed by atoms with Gasteiger partial charge in [0.05, 0.1) is 5.69 Å². The second-order valence-electron chi connectivity index (χ2n) is 37.2. The standard InChI is InChI=1S/2C45H28N2O2.C45H28N2OS/c1-3-11-29(12-4-1)35-15-7-9-17-40(35)47(34-24-25-37-36-16-8-10-18-41(36)48-42(37)28-34)33-23-21-30-19-20-31-22-26-39-44(43(31)38(30)27-33)49-45(46-39)32-13-5-2-6-14-32;1-3-9-29(10-4-1)30-17-21-34(22-18-30)47(36-24-26-42-39(28-36)37-13-7-8-14-41(37)48-42)35-23-19-31-15-16-32-20-25-40-44(43(32)38(31)27-35)49-45(46-40)33-11-5-2-6-12-33;1-3-9-29(10-4-1)30-17-21-34(22-18-30)47(36-24-25-38-37-13-7-8-14-41(37)49-42(38)28-36)35-23-19-31-15-16-32-20-26-40-44(43(32)39(31)27-35)48-45(46-40)33-11-5-2-6-12-33/h3*1-28H. The van der Waals surface area contributed by atoms with Gasteiger partial charge in [0.15, 0.2) is 16.7 Å². The molecule has 0 N–H and O–H groups in total. The van der Waals surface area contributed by atoms with E-state index in [-0.39, 0.29) is 0 Å². The van der Waals surface area contributed by atoms with Gasteiger partial charge in [-0.3, -0.25) is 0 Å². The minimum absolute atomic E-state index is 0.619. The Morgan fingerprint density at radius 3 is 0.939 bits per heavy atom. The third kappa shape index (κ3) is 15.4. The molecule has 0 saturated carbocycles. The lowest BCUT2D eigenvalue weighted by Gasteiger charge is -2.28. The second kappa shape index (κ2) is 35.9. The van der Waals surface area contributed by atoms with Gasteiger partial charge >= 0.3 is 0 Å². The number of rotatable bonds is 15. The Hall–Kier alpha value is -19.5. The van der Waals surface area contributed by atoms with Crippen LogP contribution in [-0.4, -0.2) is 15.0 Å². The van der Waals surface area contributed by atoms with Crippen LogP contribution in [0.25, 0.3) is 230 Å². The first-order chi connectivity index (χ1) is 72.8. The summed E-state index contributed by atoms with van der Waals surface area (Å²) < 4.78 is 34.8. The zero-order valence-corrected chi connectivity index (χ0v) is 79.9. The van der Waals surface area contributed by atoms with E-state index in [2.05, 4.69) is 391 Å². The number of hydrogen-bond donors (Lipinski definition) is 0. The van der Waals surface area contributed by atoms with E-state index in [1.165, 1.54) is 42.4 Å². The molecule has 11 nitrogen and oxygen atoms in total. The molecule has 0 spiro atoms. The highest BCUT2D eigenvalue weighted by Crippen LogP contribution is 2.51. The van der Waals surface area contributed by atoms with Gasteiger partial charge in [0.1, 0.15) is 38.9 Å². The maximum absolute atomic E-state index is 6.56. The number of thiophene rings is 1. The Kier molecular flexibility index (Phi) is 20.9. The third-order valence-corrected chi connectivity index (χ3v) is 29.5. The van der Waals surface area contributed by atoms with Crippen LogP contribution in [0.4, 0.5) is 51.2 Å². The fourth-order valence-electron chi connectivity index (χ4n) is 21.3. The van der Waals surface area contributed by atoms with E-state index in [9.17, 15) is 0 Å². The summed E-state index contributed by atoms with van der Waals surface area (Å²) in [7, 11) is 0. The molecule has 30 aromatic rings. The van der Waals surface area contributed by atoms with Crippen molar-refractivity contribution in [1.29, 1.82) is 0 Å². The molecule has 6 aromatic heterocycles. The molecule has 0 radical (unpaired) electrons. The lowest BCUT2D eigenvalue weighted by molar-refractivity contribution is 0.623. The molecule has 0 fully saturated rings. The number of nitrogens with zero attached hydrogens (tertiary/aromatic N) is 6. The van der Waals surface area contributed by atoms with Crippen molar-refractivity contribution in [3.63, 3.8) is 0 Å². The molecule has 0 aliphatic heterocycles. The van der Waals surface area contributed by atoms with Crippen LogP contribution in [0.15, 0.2) is 532 Å². The molecule has 0 unspecified atom stereocenters. The van der Waals surface area contributed by atoms with Gasteiger partial charge in [-0.1, -0.05) is 322 Å². The number of oxazole rings is 3. The zero-order valence-electron chi connectivity index (χ0n) is 79.1. The Labute approximate surface area is 847 Å². The SMILES string of the molecule is c1ccc(-c2ccc(N(c3ccc4c(c3)sc3ccccc34)c3ccc4ccc5ccc6nc(-c7ccccc7)oc6c5c4c3)cc2)cc1.c1ccc(-c2ccc(N(c3ccc4oc5ccccc5c4c3)c3ccc4ccc5ccc6nc(-c7ccccc7)oc6c5c4c3)cc2)cc1.c1ccc(-c2nc3ccc4ccc5ccc(N(c6ccc7c(c6)oc6ccccc67)c6ccccc6-c6ccccc6)cc5c4c3o2)cc1. The summed E-state index contributed by atoms with van der Waals surface area (Å²) in [6.45, 7) is 0. The smallest absolute Gasteiger partial charge is 0.227 e. The zero-order chi connectivity index (χ0) is 96.9. The Morgan fingerprint density at radius 2 is 0.469 bits per heavy atom. The van der Waals surface area contributed by atoms with Gasteiger partial charge in [-0.2, -0.15) is 0 Å². The maximum atomic E-state index is 6.56. The van der Waals surface area contributed by atoms with Crippen LogP contribution in [0.2, 0.25) is 0 Å². The fraction of sp³-hybridized carbons (Fsp3) is 0. The molecule has 30 rings (SSSR count). The van der Waals surface area contributed by atoms with E-state index >= 15 is 0 Å². The largest absolute Gasteiger partial charge is 0.456 e. The van der Waals surface area contributed by atoms with E-state index in [0.29, 0.717) is 17.7 Å². The summed E-state index contributed by atoms with van der Waals surface area (Å²) in [6, 6.07) is 179. The first-order valence-corrected chi connectivity index (χ1v) is 50.2. The molecule has 0 amide bonds. The van der Waals surface area contributed by atoms with E-state index in [4.69, 9.17) is 37.0 Å².